The van der Waals surface area contributed by atoms with Crippen molar-refractivity contribution in [1.29, 1.82) is 0 Å². The molecule has 2 rings (SSSR count). The zero-order valence-corrected chi connectivity index (χ0v) is 9.68. The number of phenolic OH excluding ortho intramolecular Hbond substituents is 1. The van der Waals surface area contributed by atoms with Gasteiger partial charge < -0.3 is 15.2 Å². The van der Waals surface area contributed by atoms with E-state index in [1.165, 1.54) is 0 Å². The van der Waals surface area contributed by atoms with Crippen LogP contribution in [0.1, 0.15) is 5.56 Å². The minimum atomic E-state index is 0.287. The zero-order valence-electron chi connectivity index (χ0n) is 9.68. The van der Waals surface area contributed by atoms with Crippen LogP contribution in [0.4, 0.5) is 5.69 Å². The van der Waals surface area contributed by atoms with E-state index in [9.17, 15) is 5.11 Å². The number of aromatic hydroxyl groups is 1. The van der Waals surface area contributed by atoms with Gasteiger partial charge in [-0.1, -0.05) is 18.2 Å². The molecule has 2 aromatic carbocycles. The Morgan fingerprint density at radius 2 is 1.88 bits per heavy atom. The smallest absolute Gasteiger partial charge is 0.120 e. The van der Waals surface area contributed by atoms with Crippen molar-refractivity contribution in [3.8, 4) is 11.5 Å². The van der Waals surface area contributed by atoms with Crippen molar-refractivity contribution in [3.63, 3.8) is 0 Å². The predicted octanol–water partition coefficient (Wildman–Crippen LogP) is 3.01. The normalized spacial score (nSPS) is 9.94. The number of benzene rings is 2. The molecule has 0 aromatic heterocycles. The molecule has 88 valence electrons. The molecule has 0 atom stereocenters. The summed E-state index contributed by atoms with van der Waals surface area (Å²) < 4.78 is 5.15. The molecular formula is C14H15NO2. The van der Waals surface area contributed by atoms with Crippen molar-refractivity contribution in [3.05, 3.63) is 54.1 Å². The first-order valence-electron chi connectivity index (χ1n) is 5.44. The fraction of sp³-hybridized carbons (Fsp3) is 0.143. The Hall–Kier alpha value is -2.16. The van der Waals surface area contributed by atoms with Crippen LogP contribution >= 0.6 is 0 Å². The molecule has 2 aromatic rings. The Labute approximate surface area is 101 Å². The van der Waals surface area contributed by atoms with Crippen LogP contribution in [0.15, 0.2) is 48.5 Å². The molecule has 0 bridgehead atoms. The standard InChI is InChI=1S/C14H15NO2/c1-17-14-4-2-3-12(9-14)15-10-11-5-7-13(16)8-6-11/h2-9,15-16H,10H2,1H3. The van der Waals surface area contributed by atoms with Crippen molar-refractivity contribution >= 4 is 5.69 Å². The van der Waals surface area contributed by atoms with Crippen LogP contribution in [0.2, 0.25) is 0 Å². The van der Waals surface area contributed by atoms with Crippen LogP contribution < -0.4 is 10.1 Å². The summed E-state index contributed by atoms with van der Waals surface area (Å²) in [7, 11) is 1.65. The highest BCUT2D eigenvalue weighted by Gasteiger charge is 1.96. The molecular weight excluding hydrogens is 214 g/mol. The molecule has 0 saturated carbocycles. The third-order valence-electron chi connectivity index (χ3n) is 2.50. The highest BCUT2D eigenvalue weighted by Crippen LogP contribution is 2.18. The Morgan fingerprint density at radius 1 is 1.12 bits per heavy atom. The van der Waals surface area contributed by atoms with Crippen molar-refractivity contribution in [2.45, 2.75) is 6.54 Å². The van der Waals surface area contributed by atoms with Crippen LogP contribution in [0.5, 0.6) is 11.5 Å². The van der Waals surface area contributed by atoms with Gasteiger partial charge in [0.25, 0.3) is 0 Å². The number of methoxy groups -OCH3 is 1. The summed E-state index contributed by atoms with van der Waals surface area (Å²) >= 11 is 0. The van der Waals surface area contributed by atoms with Crippen molar-refractivity contribution in [2.75, 3.05) is 12.4 Å². The molecule has 3 nitrogen and oxygen atoms in total. The molecule has 0 aliphatic heterocycles. The van der Waals surface area contributed by atoms with Gasteiger partial charge in [-0.15, -0.1) is 0 Å². The average molecular weight is 229 g/mol. The van der Waals surface area contributed by atoms with Gasteiger partial charge in [-0.3, -0.25) is 0 Å². The van der Waals surface area contributed by atoms with Gasteiger partial charge in [-0.05, 0) is 29.8 Å². The molecule has 0 unspecified atom stereocenters. The summed E-state index contributed by atoms with van der Waals surface area (Å²) in [4.78, 5) is 0. The largest absolute Gasteiger partial charge is 0.508 e. The van der Waals surface area contributed by atoms with Gasteiger partial charge in [0.1, 0.15) is 11.5 Å². The maximum atomic E-state index is 9.17. The lowest BCUT2D eigenvalue weighted by Crippen LogP contribution is -1.99. The number of ether oxygens (including phenoxy) is 1. The Morgan fingerprint density at radius 3 is 2.59 bits per heavy atom. The summed E-state index contributed by atoms with van der Waals surface area (Å²) in [6.45, 7) is 0.716. The van der Waals surface area contributed by atoms with E-state index in [1.807, 2.05) is 36.4 Å². The predicted molar refractivity (Wildman–Crippen MR) is 68.4 cm³/mol. The van der Waals surface area contributed by atoms with Gasteiger partial charge in [0.05, 0.1) is 7.11 Å². The van der Waals surface area contributed by atoms with E-state index in [0.717, 1.165) is 17.0 Å². The topological polar surface area (TPSA) is 41.5 Å². The maximum absolute atomic E-state index is 9.17. The summed E-state index contributed by atoms with van der Waals surface area (Å²) in [6.07, 6.45) is 0. The number of hydrogen-bond acceptors (Lipinski definition) is 3. The van der Waals surface area contributed by atoms with E-state index in [2.05, 4.69) is 5.32 Å². The highest BCUT2D eigenvalue weighted by atomic mass is 16.5. The fourth-order valence-corrected chi connectivity index (χ4v) is 1.55. The van der Waals surface area contributed by atoms with Gasteiger partial charge in [-0.2, -0.15) is 0 Å². The van der Waals surface area contributed by atoms with Crippen molar-refractivity contribution in [1.82, 2.24) is 0 Å². The quantitative estimate of drug-likeness (QED) is 0.846. The molecule has 3 heteroatoms. The van der Waals surface area contributed by atoms with Crippen LogP contribution in [-0.2, 0) is 6.54 Å². The Kier molecular flexibility index (Phi) is 3.50. The Bertz CT molecular complexity index is 480. The number of hydrogen-bond donors (Lipinski definition) is 2. The zero-order chi connectivity index (χ0) is 12.1. The Balaban J connectivity index is 1.99. The summed E-state index contributed by atoms with van der Waals surface area (Å²) in [5.41, 5.74) is 2.13. The maximum Gasteiger partial charge on any atom is 0.120 e. The number of rotatable bonds is 4. The van der Waals surface area contributed by atoms with E-state index in [1.54, 1.807) is 19.2 Å². The summed E-state index contributed by atoms with van der Waals surface area (Å²) in [5.74, 6) is 1.12. The van der Waals surface area contributed by atoms with E-state index in [4.69, 9.17) is 4.74 Å². The highest BCUT2D eigenvalue weighted by molar-refractivity contribution is 5.48. The van der Waals surface area contributed by atoms with Crippen LogP contribution in [0.25, 0.3) is 0 Å². The van der Waals surface area contributed by atoms with E-state index in [0.29, 0.717) is 6.54 Å². The third kappa shape index (κ3) is 3.14. The molecule has 0 fully saturated rings. The first-order chi connectivity index (χ1) is 8.28. The number of nitrogens with one attached hydrogen (secondary N) is 1. The third-order valence-corrected chi connectivity index (χ3v) is 2.50. The molecule has 0 radical (unpaired) electrons. The first kappa shape index (κ1) is 11.3. The van der Waals surface area contributed by atoms with Crippen LogP contribution in [0, 0.1) is 0 Å². The van der Waals surface area contributed by atoms with Crippen molar-refractivity contribution in [2.24, 2.45) is 0 Å². The lowest BCUT2D eigenvalue weighted by Gasteiger charge is -2.08. The second-order valence-electron chi connectivity index (χ2n) is 3.75. The van der Waals surface area contributed by atoms with Gasteiger partial charge in [0.2, 0.25) is 0 Å². The molecule has 0 aliphatic rings. The van der Waals surface area contributed by atoms with Gasteiger partial charge >= 0.3 is 0 Å². The molecule has 0 amide bonds. The monoisotopic (exact) mass is 229 g/mol. The lowest BCUT2D eigenvalue weighted by atomic mass is 10.2. The average Bonchev–Trinajstić information content (AvgIpc) is 2.38. The molecule has 0 heterocycles. The second-order valence-corrected chi connectivity index (χ2v) is 3.75. The molecule has 0 saturated heterocycles. The van der Waals surface area contributed by atoms with E-state index in [-0.39, 0.29) is 5.75 Å². The fourth-order valence-electron chi connectivity index (χ4n) is 1.55. The van der Waals surface area contributed by atoms with Gasteiger partial charge in [0, 0.05) is 18.3 Å². The number of anilines is 1. The SMILES string of the molecule is COc1cccc(NCc2ccc(O)cc2)c1. The van der Waals surface area contributed by atoms with Gasteiger partial charge in [0.15, 0.2) is 0 Å². The van der Waals surface area contributed by atoms with Crippen molar-refractivity contribution < 1.29 is 9.84 Å². The minimum absolute atomic E-state index is 0.287. The number of phenols is 1. The van der Waals surface area contributed by atoms with Crippen LogP contribution in [0.3, 0.4) is 0 Å². The second kappa shape index (κ2) is 5.25. The minimum Gasteiger partial charge on any atom is -0.508 e. The first-order valence-corrected chi connectivity index (χ1v) is 5.44. The van der Waals surface area contributed by atoms with Crippen LogP contribution in [-0.4, -0.2) is 12.2 Å². The van der Waals surface area contributed by atoms with Gasteiger partial charge in [-0.25, -0.2) is 0 Å². The summed E-state index contributed by atoms with van der Waals surface area (Å²) in [5, 5.41) is 12.5. The molecule has 0 spiro atoms. The lowest BCUT2D eigenvalue weighted by molar-refractivity contribution is 0.415. The summed E-state index contributed by atoms with van der Waals surface area (Å²) in [6, 6.07) is 14.9. The molecule has 0 aliphatic carbocycles. The van der Waals surface area contributed by atoms with E-state index < -0.39 is 0 Å². The molecule has 17 heavy (non-hydrogen) atoms. The molecule has 2 N–H and O–H groups in total. The van der Waals surface area contributed by atoms with E-state index >= 15 is 0 Å².